The van der Waals surface area contributed by atoms with Crippen LogP contribution in [0.2, 0.25) is 0 Å². The Labute approximate surface area is 185 Å². The molecule has 0 unspecified atom stereocenters. The van der Waals surface area contributed by atoms with Crippen LogP contribution in [0.1, 0.15) is 0 Å². The molecule has 0 aliphatic carbocycles. The monoisotopic (exact) mass is 567 g/mol. The molecule has 0 saturated carbocycles. The zero-order chi connectivity index (χ0) is 28.9. The van der Waals surface area contributed by atoms with E-state index in [0.717, 1.165) is 0 Å². The topological polar surface area (TPSA) is 85.1 Å². The summed E-state index contributed by atoms with van der Waals surface area (Å²) in [6.45, 7) is 0. The zero-order valence-electron chi connectivity index (χ0n) is 16.0. The zero-order valence-corrected chi connectivity index (χ0v) is 16.0. The first kappa shape index (κ1) is 30.9. The summed E-state index contributed by atoms with van der Waals surface area (Å²) in [6, 6.07) is 0.533. The number of hydrogen-bond donors (Lipinski definition) is 1. The second kappa shape index (κ2) is 8.78. The molecule has 36 heavy (non-hydrogen) atoms. The average Bonchev–Trinajstić information content (AvgIpc) is 2.72. The van der Waals surface area contributed by atoms with E-state index in [1.54, 1.807) is 0 Å². The van der Waals surface area contributed by atoms with Crippen LogP contribution in [-0.4, -0.2) is 63.7 Å². The van der Waals surface area contributed by atoms with Gasteiger partial charge in [-0.3, -0.25) is 14.9 Å². The number of rotatable bonds is 10. The largest absolute Gasteiger partial charge is 0.393 e. The highest BCUT2D eigenvalue weighted by molar-refractivity contribution is 5.96. The number of nitrogens with one attached hydrogen (secondary N) is 1. The number of amides is 1. The molecule has 0 aromatic carbocycles. The first-order valence-electron chi connectivity index (χ1n) is 8.09. The van der Waals surface area contributed by atoms with Crippen molar-refractivity contribution in [2.45, 2.75) is 47.9 Å². The first-order chi connectivity index (χ1) is 15.7. The minimum Gasteiger partial charge on any atom is -0.305 e. The van der Waals surface area contributed by atoms with E-state index < -0.39 is 70.2 Å². The highest BCUT2D eigenvalue weighted by atomic mass is 19.4. The Balaban J connectivity index is 3.49. The van der Waals surface area contributed by atoms with Gasteiger partial charge in [-0.2, -0.15) is 61.5 Å². The predicted molar refractivity (Wildman–Crippen MR) is 80.2 cm³/mol. The van der Waals surface area contributed by atoms with Crippen LogP contribution < -0.4 is 5.32 Å². The summed E-state index contributed by atoms with van der Waals surface area (Å²) in [6.07, 6.45) is -5.81. The van der Waals surface area contributed by atoms with Gasteiger partial charge in [0.25, 0.3) is 5.69 Å². The number of anilines is 1. The van der Waals surface area contributed by atoms with E-state index in [-0.39, 0.29) is 12.3 Å². The standard InChI is InChI=1S/C14H5F16N3O3/c15-6(16)8(17,18)10(21,22)12(25,26)14(29,30)13(27,28)11(23,24)9(19,20)7(34)32-5-2-1-4(3-31-5)33(35)36/h1-3,6H,(H,31,32,34). The number of halogens is 16. The quantitative estimate of drug-likeness (QED) is 0.226. The van der Waals surface area contributed by atoms with Gasteiger partial charge in [-0.25, -0.2) is 13.8 Å². The van der Waals surface area contributed by atoms with Crippen LogP contribution in [0.15, 0.2) is 18.3 Å². The van der Waals surface area contributed by atoms with Crippen molar-refractivity contribution in [3.05, 3.63) is 28.4 Å². The van der Waals surface area contributed by atoms with Gasteiger partial charge in [0.05, 0.1) is 4.92 Å². The maximum atomic E-state index is 13.7. The molecule has 1 rings (SSSR count). The SMILES string of the molecule is O=C(Nc1ccc([N+](=O)[O-])cn1)C(F)(F)C(F)(F)C(F)(F)C(F)(F)C(F)(F)C(F)(F)C(F)(F)C(F)F. The van der Waals surface area contributed by atoms with Crippen molar-refractivity contribution in [3.63, 3.8) is 0 Å². The predicted octanol–water partition coefficient (Wildman–Crippen LogP) is 5.64. The number of hydrogen-bond acceptors (Lipinski definition) is 4. The minimum absolute atomic E-state index is 0.153. The molecule has 1 aromatic heterocycles. The van der Waals surface area contributed by atoms with Gasteiger partial charge in [-0.1, -0.05) is 0 Å². The third kappa shape index (κ3) is 4.22. The van der Waals surface area contributed by atoms with Crippen LogP contribution in [0, 0.1) is 10.1 Å². The van der Waals surface area contributed by atoms with Crippen molar-refractivity contribution < 1.29 is 80.0 Å². The second-order valence-electron chi connectivity index (χ2n) is 6.48. The van der Waals surface area contributed by atoms with Gasteiger partial charge >= 0.3 is 53.8 Å². The van der Waals surface area contributed by atoms with Crippen LogP contribution in [0.5, 0.6) is 0 Å². The molecular weight excluding hydrogens is 562 g/mol. The number of nitrogens with zero attached hydrogens (tertiary/aromatic N) is 2. The van der Waals surface area contributed by atoms with Gasteiger partial charge in [0.1, 0.15) is 12.0 Å². The lowest BCUT2D eigenvalue weighted by molar-refractivity contribution is -0.443. The normalized spacial score (nSPS) is 14.7. The molecule has 1 N–H and O–H groups in total. The van der Waals surface area contributed by atoms with E-state index in [1.807, 2.05) is 0 Å². The van der Waals surface area contributed by atoms with Gasteiger partial charge in [0.15, 0.2) is 0 Å². The lowest BCUT2D eigenvalue weighted by Gasteiger charge is -2.42. The Morgan fingerprint density at radius 1 is 0.778 bits per heavy atom. The van der Waals surface area contributed by atoms with Crippen LogP contribution in [0.4, 0.5) is 81.8 Å². The maximum absolute atomic E-state index is 13.7. The fourth-order valence-corrected chi connectivity index (χ4v) is 2.04. The Bertz CT molecular complexity index is 996. The molecule has 6 nitrogen and oxygen atoms in total. The number of carbonyl (C=O) groups is 1. The van der Waals surface area contributed by atoms with Gasteiger partial charge in [0.2, 0.25) is 0 Å². The summed E-state index contributed by atoms with van der Waals surface area (Å²) in [5.74, 6) is -62.0. The van der Waals surface area contributed by atoms with Gasteiger partial charge in [-0.05, 0) is 6.07 Å². The fourth-order valence-electron chi connectivity index (χ4n) is 2.04. The van der Waals surface area contributed by atoms with Crippen molar-refractivity contribution in [1.29, 1.82) is 0 Å². The Morgan fingerprint density at radius 3 is 1.56 bits per heavy atom. The molecule has 0 radical (unpaired) electrons. The number of pyridine rings is 1. The van der Waals surface area contributed by atoms with E-state index in [4.69, 9.17) is 0 Å². The van der Waals surface area contributed by atoms with Crippen molar-refractivity contribution in [3.8, 4) is 0 Å². The van der Waals surface area contributed by atoms with Gasteiger partial charge < -0.3 is 5.32 Å². The van der Waals surface area contributed by atoms with Crippen LogP contribution in [-0.2, 0) is 4.79 Å². The summed E-state index contributed by atoms with van der Waals surface area (Å²) in [4.78, 5) is 23.3. The molecular formula is C14H5F16N3O3. The van der Waals surface area contributed by atoms with Crippen molar-refractivity contribution in [2.75, 3.05) is 5.32 Å². The van der Waals surface area contributed by atoms with E-state index in [2.05, 4.69) is 4.98 Å². The van der Waals surface area contributed by atoms with Crippen LogP contribution in [0.3, 0.4) is 0 Å². The summed E-state index contributed by atoms with van der Waals surface area (Å²) < 4.78 is 212. The molecule has 0 spiro atoms. The molecule has 206 valence electrons. The van der Waals surface area contributed by atoms with Crippen LogP contribution >= 0.6 is 0 Å². The smallest absolute Gasteiger partial charge is 0.305 e. The van der Waals surface area contributed by atoms with E-state index in [1.165, 1.54) is 0 Å². The summed E-state index contributed by atoms with van der Waals surface area (Å²) in [5.41, 5.74) is -0.931. The summed E-state index contributed by atoms with van der Waals surface area (Å²) in [5, 5.41) is 10.9. The molecule has 0 atom stereocenters. The maximum Gasteiger partial charge on any atom is 0.393 e. The van der Waals surface area contributed by atoms with E-state index in [0.29, 0.717) is 11.4 Å². The number of carbonyl (C=O) groups excluding carboxylic acids is 1. The fraction of sp³-hybridized carbons (Fsp3) is 0.571. The summed E-state index contributed by atoms with van der Waals surface area (Å²) in [7, 11) is 0. The Hall–Kier alpha value is -3.10. The molecule has 0 fully saturated rings. The second-order valence-corrected chi connectivity index (χ2v) is 6.48. The molecule has 1 aromatic rings. The molecule has 22 heteroatoms. The Kier molecular flexibility index (Phi) is 7.54. The van der Waals surface area contributed by atoms with Gasteiger partial charge in [0, 0.05) is 6.07 Å². The third-order valence-electron chi connectivity index (χ3n) is 4.15. The minimum atomic E-state index is -8.64. The van der Waals surface area contributed by atoms with Crippen molar-refractivity contribution in [2.24, 2.45) is 0 Å². The highest BCUT2D eigenvalue weighted by Gasteiger charge is 2.94. The average molecular weight is 567 g/mol. The lowest BCUT2D eigenvalue weighted by Crippen LogP contribution is -2.74. The molecule has 0 saturated heterocycles. The number of alkyl halides is 16. The van der Waals surface area contributed by atoms with E-state index >= 15 is 0 Å². The Morgan fingerprint density at radius 2 is 1.19 bits per heavy atom. The van der Waals surface area contributed by atoms with Crippen molar-refractivity contribution >= 4 is 17.4 Å². The molecule has 0 bridgehead atoms. The van der Waals surface area contributed by atoms with E-state index in [9.17, 15) is 85.2 Å². The lowest BCUT2D eigenvalue weighted by atomic mass is 9.89. The van der Waals surface area contributed by atoms with Crippen LogP contribution in [0.25, 0.3) is 0 Å². The molecule has 1 heterocycles. The summed E-state index contributed by atoms with van der Waals surface area (Å²) >= 11 is 0. The first-order valence-corrected chi connectivity index (χ1v) is 8.09. The highest BCUT2D eigenvalue weighted by Crippen LogP contribution is 2.62. The molecule has 0 aliphatic heterocycles. The molecule has 0 aliphatic rings. The number of aromatic nitrogens is 1. The molecule has 1 amide bonds. The third-order valence-corrected chi connectivity index (χ3v) is 4.15. The van der Waals surface area contributed by atoms with Gasteiger partial charge in [-0.15, -0.1) is 0 Å². The van der Waals surface area contributed by atoms with Crippen molar-refractivity contribution in [1.82, 2.24) is 4.98 Å². The number of nitro groups is 1.